The van der Waals surface area contributed by atoms with Crippen LogP contribution in [0, 0.1) is 0 Å². The summed E-state index contributed by atoms with van der Waals surface area (Å²) in [6.45, 7) is 5.65. The molecule has 0 aliphatic rings. The van der Waals surface area contributed by atoms with Crippen LogP contribution in [0.2, 0.25) is 19.6 Å². The normalized spacial score (nSPS) is 9.33. The van der Waals surface area contributed by atoms with Gasteiger partial charge in [0.25, 0.3) is 0 Å². The second-order valence-electron chi connectivity index (χ2n) is 2.51. The molecule has 0 heterocycles. The molecule has 5 heteroatoms. The van der Waals surface area contributed by atoms with E-state index in [0.717, 1.165) is 0 Å². The predicted molar refractivity (Wildman–Crippen MR) is 37.8 cm³/mol. The fourth-order valence-corrected chi connectivity index (χ4v) is 0. The van der Waals surface area contributed by atoms with E-state index in [1.165, 1.54) is 0 Å². The third kappa shape index (κ3) is 722. The number of amides is 1. The van der Waals surface area contributed by atoms with Gasteiger partial charge in [0.05, 0.1) is 0 Å². The average molecular weight is 151 g/mol. The monoisotopic (exact) mass is 151 g/mol. The third-order valence-corrected chi connectivity index (χ3v) is 0. The molecular formula is C4H13NO3Si. The van der Waals surface area contributed by atoms with Crippen LogP contribution < -0.4 is 5.73 Å². The van der Waals surface area contributed by atoms with Gasteiger partial charge >= 0.3 is 6.09 Å². The molecule has 56 valence electrons. The van der Waals surface area contributed by atoms with Crippen LogP contribution in [0.5, 0.6) is 0 Å². The molecule has 0 rings (SSSR count). The summed E-state index contributed by atoms with van der Waals surface area (Å²) in [4.78, 5) is 17.4. The van der Waals surface area contributed by atoms with E-state index in [1.54, 1.807) is 0 Å². The number of hydrogen-bond acceptors (Lipinski definition) is 2. The minimum atomic E-state index is -1.61. The first-order valence-corrected chi connectivity index (χ1v) is 5.89. The molecular weight excluding hydrogens is 138 g/mol. The molecule has 0 unspecified atom stereocenters. The largest absolute Gasteiger partial charge is 0.465 e. The highest BCUT2D eigenvalue weighted by Gasteiger charge is 2.03. The molecule has 0 aromatic carbocycles. The molecule has 9 heavy (non-hydrogen) atoms. The predicted octanol–water partition coefficient (Wildman–Crippen LogP) is 0.437. The topological polar surface area (TPSA) is 83.5 Å². The van der Waals surface area contributed by atoms with E-state index in [2.05, 4.69) is 5.73 Å². The summed E-state index contributed by atoms with van der Waals surface area (Å²) in [5.74, 6) is 0. The Labute approximate surface area is 55.4 Å². The number of nitrogens with two attached hydrogens (primary N) is 1. The van der Waals surface area contributed by atoms with Crippen molar-refractivity contribution in [2.24, 2.45) is 5.73 Å². The van der Waals surface area contributed by atoms with Gasteiger partial charge in [-0.05, 0) is 19.6 Å². The first-order valence-electron chi connectivity index (χ1n) is 2.44. The second kappa shape index (κ2) is 4.34. The van der Waals surface area contributed by atoms with Crippen LogP contribution in [0.25, 0.3) is 0 Å². The van der Waals surface area contributed by atoms with E-state index in [-0.39, 0.29) is 0 Å². The maximum absolute atomic E-state index is 8.78. The molecule has 1 amide bonds. The van der Waals surface area contributed by atoms with Crippen LogP contribution in [-0.2, 0) is 0 Å². The first kappa shape index (κ1) is 11.3. The highest BCUT2D eigenvalue weighted by Crippen LogP contribution is 1.88. The van der Waals surface area contributed by atoms with Crippen molar-refractivity contribution in [3.05, 3.63) is 0 Å². The van der Waals surface area contributed by atoms with Gasteiger partial charge in [-0.15, -0.1) is 0 Å². The van der Waals surface area contributed by atoms with Crippen molar-refractivity contribution >= 4 is 14.4 Å². The number of rotatable bonds is 0. The number of carbonyl (C=O) groups is 1. The summed E-state index contributed by atoms with van der Waals surface area (Å²) in [5.41, 5.74) is 4.03. The van der Waals surface area contributed by atoms with E-state index < -0.39 is 14.4 Å². The number of carboxylic acid groups (broad SMARTS) is 1. The molecule has 0 fully saturated rings. The molecule has 4 N–H and O–H groups in total. The minimum Gasteiger partial charge on any atom is -0.465 e. The van der Waals surface area contributed by atoms with Crippen molar-refractivity contribution in [3.63, 3.8) is 0 Å². The first-order chi connectivity index (χ1) is 3.73. The fourth-order valence-electron chi connectivity index (χ4n) is 0. The SMILES string of the molecule is C[Si](C)(C)O.NC(=O)O. The van der Waals surface area contributed by atoms with Gasteiger partial charge < -0.3 is 15.6 Å². The van der Waals surface area contributed by atoms with Crippen molar-refractivity contribution in [1.29, 1.82) is 0 Å². The summed E-state index contributed by atoms with van der Waals surface area (Å²) < 4.78 is 0. The van der Waals surface area contributed by atoms with Gasteiger partial charge in [0.2, 0.25) is 0 Å². The summed E-state index contributed by atoms with van der Waals surface area (Å²) in [6, 6.07) is 0. The molecule has 0 saturated carbocycles. The molecule has 0 aromatic rings. The Balaban J connectivity index is 0. The van der Waals surface area contributed by atoms with Crippen molar-refractivity contribution in [1.82, 2.24) is 0 Å². The van der Waals surface area contributed by atoms with Crippen molar-refractivity contribution in [2.45, 2.75) is 19.6 Å². The third-order valence-electron chi connectivity index (χ3n) is 0. The lowest BCUT2D eigenvalue weighted by atomic mass is 11.3. The smallest absolute Gasteiger partial charge is 0.402 e. The fraction of sp³-hybridized carbons (Fsp3) is 0.750. The summed E-state index contributed by atoms with van der Waals surface area (Å²) in [7, 11) is -1.61. The van der Waals surface area contributed by atoms with Crippen LogP contribution in [0.1, 0.15) is 0 Å². The van der Waals surface area contributed by atoms with E-state index in [4.69, 9.17) is 14.7 Å². The van der Waals surface area contributed by atoms with Gasteiger partial charge in [-0.3, -0.25) is 0 Å². The molecule has 0 aromatic heterocycles. The zero-order valence-corrected chi connectivity index (χ0v) is 6.88. The van der Waals surface area contributed by atoms with Crippen LogP contribution >= 0.6 is 0 Å². The average Bonchev–Trinajstić information content (AvgIpc) is 1.19. The van der Waals surface area contributed by atoms with E-state index in [9.17, 15) is 0 Å². The maximum atomic E-state index is 8.78. The zero-order valence-electron chi connectivity index (χ0n) is 5.88. The standard InChI is InChI=1S/C3H10OSi.CH3NO2/c1-5(2,3)4;2-1(3)4/h4H,1-3H3;2H2,(H,3,4). The summed E-state index contributed by atoms with van der Waals surface area (Å²) in [5, 5.41) is 7.19. The van der Waals surface area contributed by atoms with E-state index in [1.807, 2.05) is 19.6 Å². The lowest BCUT2D eigenvalue weighted by Gasteiger charge is -2.00. The van der Waals surface area contributed by atoms with Gasteiger partial charge in [-0.25, -0.2) is 4.79 Å². The summed E-state index contributed by atoms with van der Waals surface area (Å²) in [6.07, 6.45) is -1.33. The number of primary amides is 1. The van der Waals surface area contributed by atoms with E-state index >= 15 is 0 Å². The number of hydrogen-bond donors (Lipinski definition) is 3. The Kier molecular flexibility index (Phi) is 5.43. The minimum absolute atomic E-state index is 1.33. The highest BCUT2D eigenvalue weighted by molar-refractivity contribution is 6.68. The second-order valence-corrected chi connectivity index (χ2v) is 6.85. The Bertz CT molecular complexity index is 78.3. The van der Waals surface area contributed by atoms with Crippen LogP contribution in [0.4, 0.5) is 4.79 Å². The van der Waals surface area contributed by atoms with Crippen molar-refractivity contribution < 1.29 is 14.7 Å². The Hall–Kier alpha value is -0.553. The van der Waals surface area contributed by atoms with Crippen LogP contribution in [0.15, 0.2) is 0 Å². The highest BCUT2D eigenvalue weighted by atomic mass is 28.4. The van der Waals surface area contributed by atoms with Gasteiger partial charge in [-0.1, -0.05) is 0 Å². The van der Waals surface area contributed by atoms with Crippen molar-refractivity contribution in [2.75, 3.05) is 0 Å². The van der Waals surface area contributed by atoms with Crippen LogP contribution in [-0.4, -0.2) is 24.3 Å². The lowest BCUT2D eigenvalue weighted by Crippen LogP contribution is -2.17. The summed E-state index contributed by atoms with van der Waals surface area (Å²) >= 11 is 0. The lowest BCUT2D eigenvalue weighted by molar-refractivity contribution is 0.205. The quantitative estimate of drug-likeness (QED) is 0.439. The zero-order chi connectivity index (χ0) is 8.08. The van der Waals surface area contributed by atoms with Gasteiger partial charge in [0.1, 0.15) is 0 Å². The molecule has 0 aliphatic carbocycles. The molecule has 4 nitrogen and oxygen atoms in total. The molecule has 0 spiro atoms. The Morgan fingerprint density at radius 2 is 1.44 bits per heavy atom. The van der Waals surface area contributed by atoms with Gasteiger partial charge in [-0.2, -0.15) is 0 Å². The van der Waals surface area contributed by atoms with Gasteiger partial charge in [0.15, 0.2) is 8.32 Å². The molecule has 0 aliphatic heterocycles. The van der Waals surface area contributed by atoms with E-state index in [0.29, 0.717) is 0 Å². The molecule has 0 bridgehead atoms. The van der Waals surface area contributed by atoms with Crippen molar-refractivity contribution in [3.8, 4) is 0 Å². The maximum Gasteiger partial charge on any atom is 0.402 e. The molecule has 0 radical (unpaired) electrons. The molecule has 0 atom stereocenters. The van der Waals surface area contributed by atoms with Crippen LogP contribution in [0.3, 0.4) is 0 Å². The Morgan fingerprint density at radius 3 is 1.44 bits per heavy atom. The Morgan fingerprint density at radius 1 is 1.44 bits per heavy atom. The molecule has 0 saturated heterocycles. The van der Waals surface area contributed by atoms with Gasteiger partial charge in [0, 0.05) is 0 Å².